The Hall–Kier alpha value is -3.64. The van der Waals surface area contributed by atoms with Gasteiger partial charge in [-0.05, 0) is 109 Å². The summed E-state index contributed by atoms with van der Waals surface area (Å²) in [7, 11) is 0. The third kappa shape index (κ3) is 6.27. The Kier molecular flexibility index (Phi) is 7.88. The van der Waals surface area contributed by atoms with E-state index >= 15 is 0 Å². The number of benzene rings is 2. The zero-order chi connectivity index (χ0) is 32.3. The van der Waals surface area contributed by atoms with Crippen molar-refractivity contribution in [3.63, 3.8) is 0 Å². The average Bonchev–Trinajstić information content (AvgIpc) is 3.68. The lowest BCUT2D eigenvalue weighted by Crippen LogP contribution is -2.63. The molecule has 0 bridgehead atoms. The van der Waals surface area contributed by atoms with E-state index in [0.29, 0.717) is 24.0 Å². The molecule has 1 amide bonds. The summed E-state index contributed by atoms with van der Waals surface area (Å²) in [5.41, 5.74) is 10.9. The van der Waals surface area contributed by atoms with E-state index in [1.54, 1.807) is 0 Å². The second-order valence-electron chi connectivity index (χ2n) is 14.0. The van der Waals surface area contributed by atoms with Gasteiger partial charge in [0.1, 0.15) is 5.82 Å². The molecule has 0 radical (unpaired) electrons. The Labute approximate surface area is 261 Å². The maximum absolute atomic E-state index is 13.7. The fraction of sp³-hybridized carbons (Fsp3) is 0.545. The van der Waals surface area contributed by atoms with E-state index in [9.17, 15) is 22.8 Å². The molecule has 3 heterocycles. The second kappa shape index (κ2) is 11.3. The summed E-state index contributed by atoms with van der Waals surface area (Å²) in [5, 5.41) is 9.78. The van der Waals surface area contributed by atoms with Crippen molar-refractivity contribution in [2.75, 3.05) is 22.1 Å². The average molecular weight is 626 g/mol. The van der Waals surface area contributed by atoms with E-state index in [1.165, 1.54) is 0 Å². The number of amides is 1. The molecule has 6 rings (SSSR count). The first kappa shape index (κ1) is 31.3. The number of halogens is 3. The van der Waals surface area contributed by atoms with E-state index in [4.69, 9.17) is 10.7 Å². The molecule has 3 aliphatic rings. The Morgan fingerprint density at radius 2 is 1.78 bits per heavy atom. The van der Waals surface area contributed by atoms with Gasteiger partial charge < -0.3 is 21.3 Å². The third-order valence-corrected chi connectivity index (χ3v) is 9.12. The summed E-state index contributed by atoms with van der Waals surface area (Å²) in [6.45, 7) is 9.06. The monoisotopic (exact) mass is 625 g/mol. The predicted octanol–water partition coefficient (Wildman–Crippen LogP) is 6.10. The molecule has 1 saturated carbocycles. The Morgan fingerprint density at radius 3 is 2.44 bits per heavy atom. The van der Waals surface area contributed by atoms with Crippen LogP contribution in [0.2, 0.25) is 0 Å². The molecule has 3 aromatic rings. The number of carbonyl (C=O) groups is 2. The fourth-order valence-electron chi connectivity index (χ4n) is 7.42. The zero-order valence-corrected chi connectivity index (χ0v) is 26.2. The lowest BCUT2D eigenvalue weighted by molar-refractivity contribution is -0.171. The first-order valence-corrected chi connectivity index (χ1v) is 15.8. The van der Waals surface area contributed by atoms with Crippen LogP contribution in [0.1, 0.15) is 78.8 Å². The molecule has 1 aliphatic carbocycles. The summed E-state index contributed by atoms with van der Waals surface area (Å²) < 4.78 is 39.9. The molecular weight excluding hydrogens is 583 g/mol. The summed E-state index contributed by atoms with van der Waals surface area (Å²) in [4.78, 5) is 32.6. The van der Waals surface area contributed by atoms with Crippen LogP contribution in [0.25, 0.3) is 22.4 Å². The van der Waals surface area contributed by atoms with Gasteiger partial charge in [-0.25, -0.2) is 4.98 Å². The van der Waals surface area contributed by atoms with Gasteiger partial charge in [-0.3, -0.25) is 19.5 Å². The van der Waals surface area contributed by atoms with Gasteiger partial charge in [0.2, 0.25) is 5.78 Å². The van der Waals surface area contributed by atoms with E-state index in [2.05, 4.69) is 60.7 Å². The number of imidazole rings is 1. The molecule has 2 aliphatic heterocycles. The van der Waals surface area contributed by atoms with Gasteiger partial charge in [-0.2, -0.15) is 13.2 Å². The molecule has 2 fully saturated rings. The quantitative estimate of drug-likeness (QED) is 0.212. The van der Waals surface area contributed by atoms with Crippen LogP contribution in [-0.2, 0) is 9.59 Å². The highest BCUT2D eigenvalue weighted by Gasteiger charge is 2.44. The van der Waals surface area contributed by atoms with E-state index in [1.807, 2.05) is 28.8 Å². The van der Waals surface area contributed by atoms with Crippen LogP contribution in [-0.4, -0.2) is 57.1 Å². The van der Waals surface area contributed by atoms with Crippen molar-refractivity contribution in [1.29, 1.82) is 0 Å². The largest absolute Gasteiger partial charge is 0.449 e. The zero-order valence-electron chi connectivity index (χ0n) is 26.2. The van der Waals surface area contributed by atoms with Crippen LogP contribution in [0.15, 0.2) is 36.4 Å². The molecule has 12 heteroatoms. The Morgan fingerprint density at radius 1 is 1.07 bits per heavy atom. The number of ketones is 1. The number of unbranched alkanes of at least 4 members (excludes halogenated alkanes) is 1. The maximum atomic E-state index is 13.7. The number of hydrogen-bond donors (Lipinski definition) is 4. The topological polar surface area (TPSA) is 117 Å². The smallest absolute Gasteiger partial charge is 0.382 e. The van der Waals surface area contributed by atoms with Crippen molar-refractivity contribution >= 4 is 39.8 Å². The van der Waals surface area contributed by atoms with Crippen molar-refractivity contribution < 1.29 is 22.8 Å². The van der Waals surface area contributed by atoms with Crippen LogP contribution < -0.4 is 26.6 Å². The number of aromatic nitrogens is 2. The number of carbonyl (C=O) groups excluding carboxylic acids is 2. The first-order valence-electron chi connectivity index (χ1n) is 15.8. The van der Waals surface area contributed by atoms with Crippen LogP contribution in [0, 0.1) is 0 Å². The molecule has 242 valence electrons. The number of nitrogens with one attached hydrogen (secondary N) is 3. The molecule has 2 aromatic carbocycles. The molecule has 1 unspecified atom stereocenters. The summed E-state index contributed by atoms with van der Waals surface area (Å²) in [6.07, 6.45) is -2.01. The van der Waals surface area contributed by atoms with Crippen molar-refractivity contribution in [3.8, 4) is 11.4 Å². The van der Waals surface area contributed by atoms with Crippen LogP contribution in [0.5, 0.6) is 0 Å². The minimum atomic E-state index is -4.83. The van der Waals surface area contributed by atoms with E-state index < -0.39 is 24.5 Å². The van der Waals surface area contributed by atoms with Crippen molar-refractivity contribution in [1.82, 2.24) is 14.9 Å². The Balaban J connectivity index is 1.37. The lowest BCUT2D eigenvalue weighted by Gasteiger charge is -2.56. The standard InChI is InChI=1S/C33H42F3N7O2/c1-31(2)17-19(37)18-32(3,4)43(31)22-11-13-26-25(16-22)40-28-23-15-21(39-20-8-9-20)10-12-24(23)41-30(45)29(42(26)28)38-14-6-5-7-27(44)33(34,35)36/h10-13,15-16,19-20,29,38-39H,5-9,14,17-18,37H2,1-4H3,(H,41,45). The number of anilines is 3. The molecule has 45 heavy (non-hydrogen) atoms. The molecule has 0 spiro atoms. The molecule has 1 saturated heterocycles. The number of nitrogens with zero attached hydrogens (tertiary/aromatic N) is 3. The van der Waals surface area contributed by atoms with Gasteiger partial charge in [0.15, 0.2) is 6.17 Å². The predicted molar refractivity (Wildman–Crippen MR) is 170 cm³/mol. The Bertz CT molecular complexity index is 1610. The van der Waals surface area contributed by atoms with E-state index in [-0.39, 0.29) is 36.0 Å². The van der Waals surface area contributed by atoms with Gasteiger partial charge in [0.25, 0.3) is 5.91 Å². The maximum Gasteiger partial charge on any atom is 0.449 e. The number of alkyl halides is 3. The van der Waals surface area contributed by atoms with Crippen molar-refractivity contribution in [3.05, 3.63) is 36.4 Å². The number of piperidine rings is 1. The summed E-state index contributed by atoms with van der Waals surface area (Å²) in [5.74, 6) is -1.43. The van der Waals surface area contributed by atoms with Gasteiger partial charge in [0, 0.05) is 46.5 Å². The van der Waals surface area contributed by atoms with Crippen LogP contribution in [0.3, 0.4) is 0 Å². The number of hydrogen-bond acceptors (Lipinski definition) is 7. The normalized spacial score (nSPS) is 21.2. The number of Topliss-reactive ketones (excluding diaryl/α,β-unsaturated/α-hetero) is 1. The first-order chi connectivity index (χ1) is 21.1. The molecule has 9 nitrogen and oxygen atoms in total. The van der Waals surface area contributed by atoms with Gasteiger partial charge >= 0.3 is 6.18 Å². The third-order valence-electron chi connectivity index (χ3n) is 9.12. The van der Waals surface area contributed by atoms with E-state index in [0.717, 1.165) is 53.7 Å². The highest BCUT2D eigenvalue weighted by Crippen LogP contribution is 2.44. The minimum Gasteiger partial charge on any atom is -0.382 e. The number of rotatable bonds is 9. The highest BCUT2D eigenvalue weighted by atomic mass is 19.4. The number of fused-ring (bicyclic) bond motifs is 5. The highest BCUT2D eigenvalue weighted by molar-refractivity contribution is 6.02. The van der Waals surface area contributed by atoms with Crippen molar-refractivity contribution in [2.24, 2.45) is 5.73 Å². The van der Waals surface area contributed by atoms with Gasteiger partial charge in [0.05, 0.1) is 16.7 Å². The molecule has 1 atom stereocenters. The molecule has 1 aromatic heterocycles. The van der Waals surface area contributed by atoms with Crippen LogP contribution >= 0.6 is 0 Å². The second-order valence-corrected chi connectivity index (χ2v) is 14.0. The summed E-state index contributed by atoms with van der Waals surface area (Å²) in [6, 6.07) is 12.5. The molecular formula is C33H42F3N7O2. The van der Waals surface area contributed by atoms with Gasteiger partial charge in [-0.15, -0.1) is 0 Å². The van der Waals surface area contributed by atoms with Crippen molar-refractivity contribution in [2.45, 2.75) is 108 Å². The lowest BCUT2D eigenvalue weighted by atomic mass is 9.77. The SMILES string of the molecule is CC1(C)CC(N)CC(C)(C)N1c1ccc2c(c1)nc1n2C(NCCCCC(=O)C(F)(F)F)C(=O)Nc2ccc(NC3CC3)cc2-1. The van der Waals surface area contributed by atoms with Crippen LogP contribution in [0.4, 0.5) is 30.2 Å². The fourth-order valence-corrected chi connectivity index (χ4v) is 7.42. The summed E-state index contributed by atoms with van der Waals surface area (Å²) >= 11 is 0. The minimum absolute atomic E-state index is 0.0576. The number of nitrogens with two attached hydrogens (primary N) is 1. The molecule has 5 N–H and O–H groups in total. The van der Waals surface area contributed by atoms with Gasteiger partial charge in [-0.1, -0.05) is 0 Å².